The fourth-order valence-corrected chi connectivity index (χ4v) is 2.85. The van der Waals surface area contributed by atoms with Gasteiger partial charge in [-0.1, -0.05) is 12.2 Å². The molecule has 1 rings (SSSR count). The van der Waals surface area contributed by atoms with Gasteiger partial charge in [-0.25, -0.2) is 4.79 Å². The Labute approximate surface area is 101 Å². The summed E-state index contributed by atoms with van der Waals surface area (Å²) in [5, 5.41) is 2.58. The fraction of sp³-hybridized carbons (Fsp3) is 0.700. The standard InChI is InChI=1S/C10H18NO5P/c1-3-15-17(13,16-4-2)7-5-6-9-8-14-10(12)11-9/h5-6,9H,3-4,7-8H2,1-2H3,(H,11,12). The van der Waals surface area contributed by atoms with Crippen molar-refractivity contribution in [1.29, 1.82) is 0 Å². The molecule has 0 aromatic carbocycles. The van der Waals surface area contributed by atoms with E-state index in [9.17, 15) is 9.36 Å². The lowest BCUT2D eigenvalue weighted by Crippen LogP contribution is -2.23. The molecule has 1 saturated heterocycles. The van der Waals surface area contributed by atoms with Crippen molar-refractivity contribution in [2.24, 2.45) is 0 Å². The second-order valence-corrected chi connectivity index (χ2v) is 5.51. The molecule has 1 fully saturated rings. The van der Waals surface area contributed by atoms with Crippen LogP contribution in [0.25, 0.3) is 0 Å². The van der Waals surface area contributed by atoms with Crippen LogP contribution < -0.4 is 5.32 Å². The summed E-state index contributed by atoms with van der Waals surface area (Å²) >= 11 is 0. The van der Waals surface area contributed by atoms with Gasteiger partial charge in [0.2, 0.25) is 0 Å². The van der Waals surface area contributed by atoms with Gasteiger partial charge in [-0.15, -0.1) is 0 Å². The fourth-order valence-electron chi connectivity index (χ4n) is 1.39. The molecule has 17 heavy (non-hydrogen) atoms. The average Bonchev–Trinajstić information content (AvgIpc) is 2.65. The van der Waals surface area contributed by atoms with Crippen molar-refractivity contribution >= 4 is 13.7 Å². The normalized spacial score (nSPS) is 20.6. The maximum atomic E-state index is 12.0. The zero-order valence-corrected chi connectivity index (χ0v) is 10.9. The molecule has 0 saturated carbocycles. The molecule has 1 N–H and O–H groups in total. The molecule has 0 radical (unpaired) electrons. The number of hydrogen-bond donors (Lipinski definition) is 1. The first-order valence-electron chi connectivity index (χ1n) is 5.57. The predicted octanol–water partition coefficient (Wildman–Crippen LogP) is 1.92. The van der Waals surface area contributed by atoms with Crippen LogP contribution in [0.1, 0.15) is 13.8 Å². The number of allylic oxidation sites excluding steroid dienone is 1. The Bertz CT molecular complexity index is 321. The molecular formula is C10H18NO5P. The topological polar surface area (TPSA) is 73.9 Å². The lowest BCUT2D eigenvalue weighted by Gasteiger charge is -2.14. The Balaban J connectivity index is 2.43. The van der Waals surface area contributed by atoms with E-state index in [0.29, 0.717) is 19.8 Å². The number of alkyl carbamates (subject to hydrolysis) is 1. The predicted molar refractivity (Wildman–Crippen MR) is 63.1 cm³/mol. The van der Waals surface area contributed by atoms with Gasteiger partial charge in [0.25, 0.3) is 0 Å². The van der Waals surface area contributed by atoms with Crippen LogP contribution in [-0.2, 0) is 18.3 Å². The zero-order valence-electron chi connectivity index (χ0n) is 10.0. The number of rotatable bonds is 7. The van der Waals surface area contributed by atoms with Gasteiger partial charge < -0.3 is 19.1 Å². The molecule has 1 heterocycles. The van der Waals surface area contributed by atoms with E-state index in [2.05, 4.69) is 5.32 Å². The second kappa shape index (κ2) is 6.79. The van der Waals surface area contributed by atoms with E-state index in [1.807, 2.05) is 0 Å². The first-order valence-corrected chi connectivity index (χ1v) is 7.30. The smallest absolute Gasteiger partial charge is 0.407 e. The van der Waals surface area contributed by atoms with Crippen LogP contribution in [0.3, 0.4) is 0 Å². The van der Waals surface area contributed by atoms with E-state index in [4.69, 9.17) is 13.8 Å². The van der Waals surface area contributed by atoms with Gasteiger partial charge in [-0.05, 0) is 13.8 Å². The van der Waals surface area contributed by atoms with Gasteiger partial charge >= 0.3 is 13.7 Å². The highest BCUT2D eigenvalue weighted by Gasteiger charge is 2.23. The van der Waals surface area contributed by atoms with Gasteiger partial charge in [0.15, 0.2) is 0 Å². The second-order valence-electron chi connectivity index (χ2n) is 3.41. The van der Waals surface area contributed by atoms with Crippen molar-refractivity contribution in [3.05, 3.63) is 12.2 Å². The van der Waals surface area contributed by atoms with Crippen LogP contribution in [0.5, 0.6) is 0 Å². The quantitative estimate of drug-likeness (QED) is 0.561. The summed E-state index contributed by atoms with van der Waals surface area (Å²) in [6.07, 6.45) is 3.18. The molecule has 1 aliphatic heterocycles. The number of hydrogen-bond acceptors (Lipinski definition) is 5. The van der Waals surface area contributed by atoms with E-state index in [1.165, 1.54) is 0 Å². The highest BCUT2D eigenvalue weighted by atomic mass is 31.2. The molecule has 1 unspecified atom stereocenters. The van der Waals surface area contributed by atoms with Crippen LogP contribution in [-0.4, -0.2) is 38.1 Å². The Morgan fingerprint density at radius 3 is 2.59 bits per heavy atom. The molecule has 1 aliphatic rings. The first-order chi connectivity index (χ1) is 8.09. The highest BCUT2D eigenvalue weighted by Crippen LogP contribution is 2.47. The molecule has 6 nitrogen and oxygen atoms in total. The van der Waals surface area contributed by atoms with E-state index >= 15 is 0 Å². The Morgan fingerprint density at radius 1 is 1.47 bits per heavy atom. The van der Waals surface area contributed by atoms with Crippen LogP contribution in [0.2, 0.25) is 0 Å². The maximum Gasteiger partial charge on any atom is 0.407 e. The molecule has 0 bridgehead atoms. The summed E-state index contributed by atoms with van der Waals surface area (Å²) in [5.41, 5.74) is 0. The minimum absolute atomic E-state index is 0.167. The lowest BCUT2D eigenvalue weighted by molar-refractivity contribution is 0.177. The van der Waals surface area contributed by atoms with Gasteiger partial charge in [0.1, 0.15) is 6.61 Å². The summed E-state index contributed by atoms with van der Waals surface area (Å²) in [5.74, 6) is 0. The van der Waals surface area contributed by atoms with Crippen LogP contribution in [0.15, 0.2) is 12.2 Å². The van der Waals surface area contributed by atoms with Crippen molar-refractivity contribution < 1.29 is 23.1 Å². The Morgan fingerprint density at radius 2 is 2.12 bits per heavy atom. The number of nitrogens with one attached hydrogen (secondary N) is 1. The SMILES string of the molecule is CCOP(=O)(CC=CC1COC(=O)N1)OCC. The molecular weight excluding hydrogens is 245 g/mol. The van der Waals surface area contributed by atoms with Crippen LogP contribution >= 0.6 is 7.60 Å². The first kappa shape index (κ1) is 14.2. The van der Waals surface area contributed by atoms with E-state index < -0.39 is 13.7 Å². The van der Waals surface area contributed by atoms with E-state index in [0.717, 1.165) is 0 Å². The van der Waals surface area contributed by atoms with E-state index in [1.54, 1.807) is 26.0 Å². The van der Waals surface area contributed by atoms with Crippen molar-refractivity contribution in [2.75, 3.05) is 26.0 Å². The Kier molecular flexibility index (Phi) is 5.68. The van der Waals surface area contributed by atoms with E-state index in [-0.39, 0.29) is 12.2 Å². The number of carbonyl (C=O) groups excluding carboxylic acids is 1. The van der Waals surface area contributed by atoms with Crippen molar-refractivity contribution in [3.63, 3.8) is 0 Å². The molecule has 1 atom stereocenters. The van der Waals surface area contributed by atoms with Crippen LogP contribution in [0, 0.1) is 0 Å². The Hall–Kier alpha value is -0.840. The third-order valence-electron chi connectivity index (χ3n) is 2.05. The third kappa shape index (κ3) is 4.89. The minimum Gasteiger partial charge on any atom is -0.447 e. The summed E-state index contributed by atoms with van der Waals surface area (Å²) in [6.45, 7) is 4.51. The molecule has 0 aromatic heterocycles. The molecule has 0 spiro atoms. The van der Waals surface area contributed by atoms with Gasteiger partial charge in [0.05, 0.1) is 25.4 Å². The van der Waals surface area contributed by atoms with Gasteiger partial charge in [0, 0.05) is 0 Å². The number of cyclic esters (lactones) is 1. The summed E-state index contributed by atoms with van der Waals surface area (Å²) in [6, 6.07) is -0.167. The molecule has 0 aliphatic carbocycles. The number of carbonyl (C=O) groups is 1. The van der Waals surface area contributed by atoms with Gasteiger partial charge in [-0.2, -0.15) is 0 Å². The molecule has 7 heteroatoms. The lowest BCUT2D eigenvalue weighted by atomic mass is 10.3. The van der Waals surface area contributed by atoms with Crippen molar-refractivity contribution in [2.45, 2.75) is 19.9 Å². The zero-order chi connectivity index (χ0) is 12.7. The highest BCUT2D eigenvalue weighted by molar-refractivity contribution is 7.54. The largest absolute Gasteiger partial charge is 0.447 e. The third-order valence-corrected chi connectivity index (χ3v) is 4.01. The van der Waals surface area contributed by atoms with Crippen LogP contribution in [0.4, 0.5) is 4.79 Å². The van der Waals surface area contributed by atoms with Crippen molar-refractivity contribution in [1.82, 2.24) is 5.32 Å². The molecule has 0 aromatic rings. The summed E-state index contributed by atoms with van der Waals surface area (Å²) in [4.78, 5) is 10.7. The summed E-state index contributed by atoms with van der Waals surface area (Å²) in [7, 11) is -3.03. The number of amides is 1. The molecule has 98 valence electrons. The van der Waals surface area contributed by atoms with Crippen molar-refractivity contribution in [3.8, 4) is 0 Å². The summed E-state index contributed by atoms with van der Waals surface area (Å²) < 4.78 is 27.0. The average molecular weight is 263 g/mol. The monoisotopic (exact) mass is 263 g/mol. The number of ether oxygens (including phenoxy) is 1. The van der Waals surface area contributed by atoms with Gasteiger partial charge in [-0.3, -0.25) is 4.57 Å². The maximum absolute atomic E-state index is 12.0. The molecule has 1 amide bonds. The minimum atomic E-state index is -3.03.